The number of nitrogens with one attached hydrogen (secondary N) is 1. The lowest BCUT2D eigenvalue weighted by molar-refractivity contribution is -0.137. The molecule has 0 atom stereocenters. The molecule has 2 rings (SSSR count). The number of carbonyl (C=O) groups is 3. The van der Waals surface area contributed by atoms with Crippen molar-refractivity contribution >= 4 is 17.8 Å². The molecule has 29 heavy (non-hydrogen) atoms. The van der Waals surface area contributed by atoms with Crippen molar-refractivity contribution in [1.82, 2.24) is 10.2 Å². The second kappa shape index (κ2) is 11.9. The van der Waals surface area contributed by atoms with E-state index < -0.39 is 5.97 Å². The molecule has 0 radical (unpaired) electrons. The van der Waals surface area contributed by atoms with Gasteiger partial charge < -0.3 is 29.2 Å². The van der Waals surface area contributed by atoms with E-state index in [1.54, 1.807) is 4.90 Å². The number of methoxy groups -OCH3 is 1. The predicted octanol–water partition coefficient (Wildman–Crippen LogP) is 1.01. The van der Waals surface area contributed by atoms with Crippen LogP contribution in [0.2, 0.25) is 0 Å². The average molecular weight is 408 g/mol. The van der Waals surface area contributed by atoms with E-state index in [0.29, 0.717) is 44.3 Å². The van der Waals surface area contributed by atoms with Crippen LogP contribution in [0, 0.1) is 0 Å². The van der Waals surface area contributed by atoms with Gasteiger partial charge in [-0.05, 0) is 24.6 Å². The third-order valence-electron chi connectivity index (χ3n) is 4.30. The number of hydrogen-bond acceptors (Lipinski definition) is 7. The van der Waals surface area contributed by atoms with E-state index in [1.807, 2.05) is 6.92 Å². The minimum atomic E-state index is -0.648. The molecule has 160 valence electrons. The highest BCUT2D eigenvalue weighted by molar-refractivity contribution is 5.92. The fraction of sp³-hybridized carbons (Fsp3) is 0.550. The molecular formula is C20H28N2O7. The van der Waals surface area contributed by atoms with Gasteiger partial charge in [0.15, 0.2) is 24.7 Å². The van der Waals surface area contributed by atoms with Gasteiger partial charge in [0.1, 0.15) is 0 Å². The Balaban J connectivity index is 1.87. The summed E-state index contributed by atoms with van der Waals surface area (Å²) in [6, 6.07) is 4.48. The first kappa shape index (κ1) is 22.5. The highest BCUT2D eigenvalue weighted by atomic mass is 16.5. The normalized spacial score (nSPS) is 13.5. The zero-order valence-corrected chi connectivity index (χ0v) is 16.9. The summed E-state index contributed by atoms with van der Waals surface area (Å²) >= 11 is 0. The van der Waals surface area contributed by atoms with Gasteiger partial charge >= 0.3 is 5.97 Å². The van der Waals surface area contributed by atoms with Gasteiger partial charge in [-0.2, -0.15) is 0 Å². The Bertz CT molecular complexity index is 702. The first-order valence-corrected chi connectivity index (χ1v) is 9.65. The minimum absolute atomic E-state index is 0.141. The molecule has 0 aliphatic carbocycles. The number of hydrogen-bond donors (Lipinski definition) is 1. The van der Waals surface area contributed by atoms with Gasteiger partial charge in [0.05, 0.1) is 25.9 Å². The molecule has 0 bridgehead atoms. The van der Waals surface area contributed by atoms with E-state index >= 15 is 0 Å². The molecule has 1 aromatic carbocycles. The first-order valence-electron chi connectivity index (χ1n) is 9.65. The van der Waals surface area contributed by atoms with Gasteiger partial charge in [0.25, 0.3) is 11.8 Å². The number of nitrogens with zero attached hydrogens (tertiary/aromatic N) is 1. The fourth-order valence-electron chi connectivity index (χ4n) is 2.63. The standard InChI is InChI=1S/C20H28N2O7/c1-3-4-7-21-18(23)13-29-20(25)15-5-6-16(17(12-15)26-2)28-14-19(24)22-8-10-27-11-9-22/h5-6,12H,3-4,7-11,13-14H2,1-2H3,(H,21,23). The lowest BCUT2D eigenvalue weighted by Gasteiger charge is -2.26. The van der Waals surface area contributed by atoms with Crippen LogP contribution in [-0.2, 0) is 19.1 Å². The number of morpholine rings is 1. The summed E-state index contributed by atoms with van der Waals surface area (Å²) in [5.41, 5.74) is 0.218. The van der Waals surface area contributed by atoms with Crippen LogP contribution in [0.25, 0.3) is 0 Å². The third kappa shape index (κ3) is 7.26. The van der Waals surface area contributed by atoms with Crippen LogP contribution < -0.4 is 14.8 Å². The Morgan fingerprint density at radius 2 is 1.90 bits per heavy atom. The quantitative estimate of drug-likeness (QED) is 0.455. The molecule has 0 aromatic heterocycles. The lowest BCUT2D eigenvalue weighted by atomic mass is 10.2. The topological polar surface area (TPSA) is 103 Å². The van der Waals surface area contributed by atoms with Crippen LogP contribution in [0.3, 0.4) is 0 Å². The van der Waals surface area contributed by atoms with E-state index in [-0.39, 0.29) is 30.6 Å². The molecule has 0 saturated carbocycles. The Morgan fingerprint density at radius 1 is 1.14 bits per heavy atom. The zero-order chi connectivity index (χ0) is 21.1. The molecule has 1 heterocycles. The number of rotatable bonds is 10. The van der Waals surface area contributed by atoms with Crippen molar-refractivity contribution in [3.8, 4) is 11.5 Å². The van der Waals surface area contributed by atoms with Crippen LogP contribution in [0.1, 0.15) is 30.1 Å². The van der Waals surface area contributed by atoms with Crippen molar-refractivity contribution in [2.75, 3.05) is 53.2 Å². The molecule has 0 spiro atoms. The van der Waals surface area contributed by atoms with E-state index in [4.69, 9.17) is 18.9 Å². The van der Waals surface area contributed by atoms with Crippen LogP contribution in [-0.4, -0.2) is 75.9 Å². The minimum Gasteiger partial charge on any atom is -0.493 e. The summed E-state index contributed by atoms with van der Waals surface area (Å²) in [5, 5.41) is 2.67. The van der Waals surface area contributed by atoms with Crippen molar-refractivity contribution in [3.63, 3.8) is 0 Å². The van der Waals surface area contributed by atoms with Crippen molar-refractivity contribution in [3.05, 3.63) is 23.8 Å². The molecule has 1 N–H and O–H groups in total. The molecule has 1 saturated heterocycles. The van der Waals surface area contributed by atoms with Gasteiger partial charge in [-0.3, -0.25) is 9.59 Å². The van der Waals surface area contributed by atoms with Gasteiger partial charge in [-0.1, -0.05) is 13.3 Å². The predicted molar refractivity (Wildman–Crippen MR) is 104 cm³/mol. The van der Waals surface area contributed by atoms with Crippen LogP contribution in [0.15, 0.2) is 18.2 Å². The van der Waals surface area contributed by atoms with E-state index in [0.717, 1.165) is 12.8 Å². The maximum Gasteiger partial charge on any atom is 0.338 e. The number of unbranched alkanes of at least 4 members (excludes halogenated alkanes) is 1. The molecule has 2 amide bonds. The summed E-state index contributed by atoms with van der Waals surface area (Å²) in [5.74, 6) is -0.511. The molecule has 1 fully saturated rings. The van der Waals surface area contributed by atoms with Gasteiger partial charge in [-0.15, -0.1) is 0 Å². The first-order chi connectivity index (χ1) is 14.0. The summed E-state index contributed by atoms with van der Waals surface area (Å²) in [6.45, 7) is 4.19. The Morgan fingerprint density at radius 3 is 2.59 bits per heavy atom. The number of benzene rings is 1. The van der Waals surface area contributed by atoms with Crippen molar-refractivity contribution in [2.45, 2.75) is 19.8 Å². The number of carbonyl (C=O) groups excluding carboxylic acids is 3. The number of amides is 2. The van der Waals surface area contributed by atoms with Gasteiger partial charge in [0, 0.05) is 19.6 Å². The summed E-state index contributed by atoms with van der Waals surface area (Å²) in [7, 11) is 1.43. The Hall–Kier alpha value is -2.81. The average Bonchev–Trinajstić information content (AvgIpc) is 2.76. The van der Waals surface area contributed by atoms with Gasteiger partial charge in [-0.25, -0.2) is 4.79 Å². The Kier molecular flexibility index (Phi) is 9.23. The van der Waals surface area contributed by atoms with E-state index in [1.165, 1.54) is 25.3 Å². The van der Waals surface area contributed by atoms with Gasteiger partial charge in [0.2, 0.25) is 0 Å². The molecule has 1 aromatic rings. The maximum absolute atomic E-state index is 12.2. The summed E-state index contributed by atoms with van der Waals surface area (Å²) in [4.78, 5) is 37.6. The van der Waals surface area contributed by atoms with Crippen molar-refractivity contribution in [2.24, 2.45) is 0 Å². The van der Waals surface area contributed by atoms with E-state index in [9.17, 15) is 14.4 Å². The second-order valence-corrected chi connectivity index (χ2v) is 6.43. The maximum atomic E-state index is 12.2. The monoisotopic (exact) mass is 408 g/mol. The highest BCUT2D eigenvalue weighted by Crippen LogP contribution is 2.28. The molecule has 9 heteroatoms. The smallest absolute Gasteiger partial charge is 0.338 e. The molecular weight excluding hydrogens is 380 g/mol. The number of esters is 1. The molecule has 9 nitrogen and oxygen atoms in total. The lowest BCUT2D eigenvalue weighted by Crippen LogP contribution is -2.43. The third-order valence-corrected chi connectivity index (χ3v) is 4.30. The largest absolute Gasteiger partial charge is 0.493 e. The van der Waals surface area contributed by atoms with Crippen LogP contribution >= 0.6 is 0 Å². The van der Waals surface area contributed by atoms with Crippen molar-refractivity contribution < 1.29 is 33.3 Å². The summed E-state index contributed by atoms with van der Waals surface area (Å²) in [6.07, 6.45) is 1.83. The SMILES string of the molecule is CCCCNC(=O)COC(=O)c1ccc(OCC(=O)N2CCOCC2)c(OC)c1. The zero-order valence-electron chi connectivity index (χ0n) is 16.9. The molecule has 0 unspecified atom stereocenters. The highest BCUT2D eigenvalue weighted by Gasteiger charge is 2.19. The number of ether oxygens (including phenoxy) is 4. The summed E-state index contributed by atoms with van der Waals surface area (Å²) < 4.78 is 21.0. The molecule has 1 aliphatic heterocycles. The van der Waals surface area contributed by atoms with Crippen LogP contribution in [0.4, 0.5) is 0 Å². The fourth-order valence-corrected chi connectivity index (χ4v) is 2.63. The Labute approximate surface area is 170 Å². The second-order valence-electron chi connectivity index (χ2n) is 6.43. The molecule has 1 aliphatic rings. The van der Waals surface area contributed by atoms with Crippen molar-refractivity contribution in [1.29, 1.82) is 0 Å². The van der Waals surface area contributed by atoms with Crippen LogP contribution in [0.5, 0.6) is 11.5 Å². The van der Waals surface area contributed by atoms with E-state index in [2.05, 4.69) is 5.32 Å².